The second kappa shape index (κ2) is 7.98. The summed E-state index contributed by atoms with van der Waals surface area (Å²) in [5.74, 6) is 1.64. The van der Waals surface area contributed by atoms with Crippen molar-refractivity contribution in [3.8, 4) is 17.2 Å². The first-order valence-electron chi connectivity index (χ1n) is 8.72. The van der Waals surface area contributed by atoms with Gasteiger partial charge < -0.3 is 29.8 Å². The molecule has 1 aromatic carbocycles. The standard InChI is InChI=1S/C19H21F3N4O3/c1-5-23-12-8-15(26-18-16(12)11(9-24-18)19(20,21)22)25-10-6-13(27-2)17(29-4)14(7-10)28-3/h6-9H,5H2,1-4H3,(H3,23,24,25,26). The van der Waals surface area contributed by atoms with Crippen molar-refractivity contribution in [2.24, 2.45) is 0 Å². The van der Waals surface area contributed by atoms with Crippen molar-refractivity contribution in [3.63, 3.8) is 0 Å². The summed E-state index contributed by atoms with van der Waals surface area (Å²) >= 11 is 0. The molecule has 7 nitrogen and oxygen atoms in total. The van der Waals surface area contributed by atoms with Gasteiger partial charge >= 0.3 is 6.18 Å². The Balaban J connectivity index is 2.07. The zero-order chi connectivity index (χ0) is 21.2. The summed E-state index contributed by atoms with van der Waals surface area (Å²) in [6, 6.07) is 4.88. The lowest BCUT2D eigenvalue weighted by Crippen LogP contribution is -2.06. The molecule has 0 spiro atoms. The van der Waals surface area contributed by atoms with Crippen molar-refractivity contribution in [1.29, 1.82) is 0 Å². The van der Waals surface area contributed by atoms with Crippen molar-refractivity contribution in [3.05, 3.63) is 30.0 Å². The van der Waals surface area contributed by atoms with Crippen molar-refractivity contribution >= 4 is 28.2 Å². The van der Waals surface area contributed by atoms with E-state index in [0.717, 1.165) is 6.20 Å². The van der Waals surface area contributed by atoms with E-state index in [1.165, 1.54) is 27.4 Å². The lowest BCUT2D eigenvalue weighted by atomic mass is 10.1. The molecule has 0 aliphatic rings. The van der Waals surface area contributed by atoms with Gasteiger partial charge in [0, 0.05) is 42.3 Å². The first-order chi connectivity index (χ1) is 13.8. The third-order valence-corrected chi connectivity index (χ3v) is 4.25. The number of nitrogens with one attached hydrogen (secondary N) is 3. The van der Waals surface area contributed by atoms with Crippen LogP contribution >= 0.6 is 0 Å². The monoisotopic (exact) mass is 410 g/mol. The zero-order valence-electron chi connectivity index (χ0n) is 16.3. The molecule has 10 heteroatoms. The van der Waals surface area contributed by atoms with Crippen LogP contribution in [0.2, 0.25) is 0 Å². The van der Waals surface area contributed by atoms with Crippen LogP contribution in [0.5, 0.6) is 17.2 Å². The third kappa shape index (κ3) is 3.96. The summed E-state index contributed by atoms with van der Waals surface area (Å²) in [7, 11) is 4.48. The van der Waals surface area contributed by atoms with Gasteiger partial charge in [0.1, 0.15) is 11.5 Å². The maximum atomic E-state index is 13.3. The minimum absolute atomic E-state index is 0.00482. The highest BCUT2D eigenvalue weighted by molar-refractivity contribution is 5.95. The van der Waals surface area contributed by atoms with E-state index in [4.69, 9.17) is 14.2 Å². The number of anilines is 3. The SMILES string of the molecule is CCNc1cc(Nc2cc(OC)c(OC)c(OC)c2)nc2[nH]cc(C(F)(F)F)c12. The maximum absolute atomic E-state index is 13.3. The summed E-state index contributed by atoms with van der Waals surface area (Å²) in [6.07, 6.45) is -3.57. The van der Waals surface area contributed by atoms with Gasteiger partial charge in [-0.25, -0.2) is 4.98 Å². The molecule has 0 unspecified atom stereocenters. The number of aromatic nitrogens is 2. The molecule has 156 valence electrons. The average molecular weight is 410 g/mol. The third-order valence-electron chi connectivity index (χ3n) is 4.25. The molecular weight excluding hydrogens is 389 g/mol. The fraction of sp³-hybridized carbons (Fsp3) is 0.316. The highest BCUT2D eigenvalue weighted by Gasteiger charge is 2.35. The van der Waals surface area contributed by atoms with E-state index in [2.05, 4.69) is 20.6 Å². The van der Waals surface area contributed by atoms with E-state index in [9.17, 15) is 13.2 Å². The van der Waals surface area contributed by atoms with E-state index in [-0.39, 0.29) is 11.0 Å². The highest BCUT2D eigenvalue weighted by Crippen LogP contribution is 2.42. The Bertz CT molecular complexity index is 993. The molecule has 0 bridgehead atoms. The van der Waals surface area contributed by atoms with Crippen molar-refractivity contribution in [2.45, 2.75) is 13.1 Å². The van der Waals surface area contributed by atoms with Gasteiger partial charge in [0.25, 0.3) is 0 Å². The largest absolute Gasteiger partial charge is 0.493 e. The number of hydrogen-bond donors (Lipinski definition) is 3. The maximum Gasteiger partial charge on any atom is 0.418 e. The van der Waals surface area contributed by atoms with Gasteiger partial charge in [-0.05, 0) is 6.92 Å². The molecule has 0 saturated carbocycles. The number of nitrogens with zero attached hydrogens (tertiary/aromatic N) is 1. The average Bonchev–Trinajstić information content (AvgIpc) is 3.12. The summed E-state index contributed by atoms with van der Waals surface area (Å²) in [6.45, 7) is 2.25. The topological polar surface area (TPSA) is 80.4 Å². The Morgan fingerprint density at radius 2 is 1.69 bits per heavy atom. The molecule has 0 radical (unpaired) electrons. The number of hydrogen-bond acceptors (Lipinski definition) is 6. The van der Waals surface area contributed by atoms with Gasteiger partial charge in [-0.15, -0.1) is 0 Å². The number of ether oxygens (including phenoxy) is 3. The molecule has 2 aromatic heterocycles. The minimum atomic E-state index is -4.49. The number of fused-ring (bicyclic) bond motifs is 1. The van der Waals surface area contributed by atoms with Crippen molar-refractivity contribution in [2.75, 3.05) is 38.5 Å². The minimum Gasteiger partial charge on any atom is -0.493 e. The summed E-state index contributed by atoms with van der Waals surface area (Å²) in [5.41, 5.74) is 0.235. The normalized spacial score (nSPS) is 11.4. The molecule has 3 aromatic rings. The predicted molar refractivity (Wildman–Crippen MR) is 105 cm³/mol. The van der Waals surface area contributed by atoms with E-state index >= 15 is 0 Å². The number of halogens is 3. The fourth-order valence-electron chi connectivity index (χ4n) is 3.05. The number of rotatable bonds is 7. The molecule has 3 rings (SSSR count). The Hall–Kier alpha value is -3.30. The summed E-state index contributed by atoms with van der Waals surface area (Å²) in [5, 5.41) is 6.04. The number of H-pyrrole nitrogens is 1. The molecule has 29 heavy (non-hydrogen) atoms. The van der Waals surface area contributed by atoms with E-state index in [1.54, 1.807) is 19.1 Å². The zero-order valence-corrected chi connectivity index (χ0v) is 16.3. The lowest BCUT2D eigenvalue weighted by molar-refractivity contribution is -0.136. The summed E-state index contributed by atoms with van der Waals surface area (Å²) in [4.78, 5) is 6.88. The molecule has 0 fully saturated rings. The Morgan fingerprint density at radius 3 is 2.21 bits per heavy atom. The molecule has 0 aliphatic heterocycles. The molecule has 2 heterocycles. The number of methoxy groups -OCH3 is 3. The molecule has 3 N–H and O–H groups in total. The first kappa shape index (κ1) is 20.4. The highest BCUT2D eigenvalue weighted by atomic mass is 19.4. The van der Waals surface area contributed by atoms with Crippen LogP contribution in [-0.2, 0) is 6.18 Å². The molecule has 0 aliphatic carbocycles. The number of pyridine rings is 1. The van der Waals surface area contributed by atoms with Crippen LogP contribution in [0.3, 0.4) is 0 Å². The molecule has 0 amide bonds. The van der Waals surface area contributed by atoms with Crippen LogP contribution in [0.1, 0.15) is 12.5 Å². The molecule has 0 atom stereocenters. The number of aromatic amines is 1. The smallest absolute Gasteiger partial charge is 0.418 e. The Kier molecular flexibility index (Phi) is 5.62. The Morgan fingerprint density at radius 1 is 1.03 bits per heavy atom. The second-order valence-corrected chi connectivity index (χ2v) is 6.05. The van der Waals surface area contributed by atoms with Gasteiger partial charge in [0.15, 0.2) is 11.5 Å². The van der Waals surface area contributed by atoms with Gasteiger partial charge in [0.2, 0.25) is 5.75 Å². The van der Waals surface area contributed by atoms with Gasteiger partial charge in [-0.2, -0.15) is 13.2 Å². The molecule has 0 saturated heterocycles. The van der Waals surface area contributed by atoms with Crippen LogP contribution < -0.4 is 24.8 Å². The lowest BCUT2D eigenvalue weighted by Gasteiger charge is -2.16. The van der Waals surface area contributed by atoms with E-state index in [1.807, 2.05) is 0 Å². The summed E-state index contributed by atoms with van der Waals surface area (Å²) < 4.78 is 55.9. The first-order valence-corrected chi connectivity index (χ1v) is 8.72. The number of alkyl halides is 3. The predicted octanol–water partition coefficient (Wildman–Crippen LogP) is 4.78. The van der Waals surface area contributed by atoms with Crippen LogP contribution in [0.15, 0.2) is 24.4 Å². The van der Waals surface area contributed by atoms with Gasteiger partial charge in [-0.3, -0.25) is 0 Å². The van der Waals surface area contributed by atoms with E-state index < -0.39 is 11.7 Å². The second-order valence-electron chi connectivity index (χ2n) is 6.05. The van der Waals surface area contributed by atoms with Crippen molar-refractivity contribution in [1.82, 2.24) is 9.97 Å². The van der Waals surface area contributed by atoms with Gasteiger partial charge in [-0.1, -0.05) is 0 Å². The van der Waals surface area contributed by atoms with Crippen LogP contribution in [0.4, 0.5) is 30.4 Å². The van der Waals surface area contributed by atoms with Crippen LogP contribution in [0.25, 0.3) is 11.0 Å². The van der Waals surface area contributed by atoms with Crippen LogP contribution in [0, 0.1) is 0 Å². The molecular formula is C19H21F3N4O3. The Labute approximate surface area is 165 Å². The quantitative estimate of drug-likeness (QED) is 0.520. The number of benzene rings is 1. The van der Waals surface area contributed by atoms with Crippen molar-refractivity contribution < 1.29 is 27.4 Å². The van der Waals surface area contributed by atoms with E-state index in [0.29, 0.717) is 41.0 Å². The van der Waals surface area contributed by atoms with Gasteiger partial charge in [0.05, 0.1) is 32.3 Å². The fourth-order valence-corrected chi connectivity index (χ4v) is 3.05. The van der Waals surface area contributed by atoms with Crippen LogP contribution in [-0.4, -0.2) is 37.8 Å².